The molecule has 1 saturated carbocycles. The van der Waals surface area contributed by atoms with Crippen LogP contribution in [0.4, 0.5) is 4.39 Å². The van der Waals surface area contributed by atoms with Gasteiger partial charge in [0.05, 0.1) is 15.6 Å². The van der Waals surface area contributed by atoms with Crippen LogP contribution in [0.1, 0.15) is 62.1 Å². The third kappa shape index (κ3) is 2.64. The lowest BCUT2D eigenvalue weighted by molar-refractivity contribution is 0.628. The molecule has 0 saturated heterocycles. The number of rotatable bonds is 3. The Labute approximate surface area is 123 Å². The molecular formula is C17H20FNS. The first-order valence-corrected chi connectivity index (χ1v) is 8.23. The van der Waals surface area contributed by atoms with Gasteiger partial charge in [0.25, 0.3) is 0 Å². The van der Waals surface area contributed by atoms with Gasteiger partial charge in [-0.1, -0.05) is 38.8 Å². The van der Waals surface area contributed by atoms with Crippen molar-refractivity contribution < 1.29 is 4.39 Å². The van der Waals surface area contributed by atoms with E-state index in [4.69, 9.17) is 4.98 Å². The van der Waals surface area contributed by atoms with Crippen LogP contribution in [0.3, 0.4) is 0 Å². The topological polar surface area (TPSA) is 12.9 Å². The van der Waals surface area contributed by atoms with Crippen LogP contribution in [0.15, 0.2) is 24.3 Å². The van der Waals surface area contributed by atoms with E-state index >= 15 is 0 Å². The molecule has 20 heavy (non-hydrogen) atoms. The molecule has 1 aromatic heterocycles. The molecule has 0 radical (unpaired) electrons. The van der Waals surface area contributed by atoms with Gasteiger partial charge in [-0.15, -0.1) is 11.3 Å². The van der Waals surface area contributed by atoms with Crippen LogP contribution < -0.4 is 0 Å². The molecule has 0 spiro atoms. The van der Waals surface area contributed by atoms with Gasteiger partial charge in [-0.05, 0) is 30.5 Å². The Morgan fingerprint density at radius 1 is 1.15 bits per heavy atom. The van der Waals surface area contributed by atoms with Crippen molar-refractivity contribution in [2.45, 2.75) is 51.4 Å². The van der Waals surface area contributed by atoms with E-state index in [0.29, 0.717) is 11.8 Å². The zero-order valence-electron chi connectivity index (χ0n) is 12.0. The van der Waals surface area contributed by atoms with Crippen molar-refractivity contribution >= 4 is 11.3 Å². The number of thiazole rings is 1. The lowest BCUT2D eigenvalue weighted by Gasteiger charge is -2.08. The predicted octanol–water partition coefficient (Wildman–Crippen LogP) is 5.73. The molecular weight excluding hydrogens is 269 g/mol. The highest BCUT2D eigenvalue weighted by Crippen LogP contribution is 2.42. The van der Waals surface area contributed by atoms with Crippen LogP contribution in [-0.2, 0) is 0 Å². The summed E-state index contributed by atoms with van der Waals surface area (Å²) in [5, 5.41) is 1.20. The van der Waals surface area contributed by atoms with E-state index in [1.165, 1.54) is 41.3 Å². The number of hydrogen-bond donors (Lipinski definition) is 0. The molecule has 1 fully saturated rings. The highest BCUT2D eigenvalue weighted by Gasteiger charge is 2.25. The smallest absolute Gasteiger partial charge is 0.123 e. The molecule has 3 rings (SSSR count). The van der Waals surface area contributed by atoms with Gasteiger partial charge < -0.3 is 0 Å². The molecule has 0 bridgehead atoms. The van der Waals surface area contributed by atoms with E-state index in [1.54, 1.807) is 23.5 Å². The second-order valence-corrected chi connectivity index (χ2v) is 6.94. The first-order chi connectivity index (χ1) is 9.65. The molecule has 106 valence electrons. The average Bonchev–Trinajstić information content (AvgIpc) is 3.08. The van der Waals surface area contributed by atoms with Crippen molar-refractivity contribution in [2.75, 3.05) is 0 Å². The normalized spacial score (nSPS) is 16.2. The maximum absolute atomic E-state index is 13.1. The number of nitrogens with zero attached hydrogens (tertiary/aromatic N) is 1. The molecule has 1 aliphatic carbocycles. The Kier molecular flexibility index (Phi) is 3.88. The summed E-state index contributed by atoms with van der Waals surface area (Å²) in [6.07, 6.45) is 5.11. The number of benzene rings is 1. The van der Waals surface area contributed by atoms with Crippen molar-refractivity contribution in [3.8, 4) is 10.4 Å². The van der Waals surface area contributed by atoms with Crippen LogP contribution in [0.2, 0.25) is 0 Å². The van der Waals surface area contributed by atoms with E-state index in [0.717, 1.165) is 5.56 Å². The highest BCUT2D eigenvalue weighted by atomic mass is 32.1. The Hall–Kier alpha value is -1.22. The second kappa shape index (κ2) is 5.65. The third-order valence-corrected chi connectivity index (χ3v) is 5.43. The minimum atomic E-state index is -0.176. The standard InChI is InChI=1S/C17H20FNS/c1-11(2)17-19-15(12-5-3-4-6-12)16(20-17)13-7-9-14(18)10-8-13/h7-12H,3-6H2,1-2H3. The van der Waals surface area contributed by atoms with Crippen molar-refractivity contribution in [1.82, 2.24) is 4.98 Å². The second-order valence-electron chi connectivity index (χ2n) is 5.91. The molecule has 0 N–H and O–H groups in total. The summed E-state index contributed by atoms with van der Waals surface area (Å²) in [5.74, 6) is 0.873. The van der Waals surface area contributed by atoms with E-state index in [1.807, 2.05) is 12.1 Å². The highest BCUT2D eigenvalue weighted by molar-refractivity contribution is 7.15. The zero-order chi connectivity index (χ0) is 14.1. The summed E-state index contributed by atoms with van der Waals surface area (Å²) in [7, 11) is 0. The number of halogens is 1. The first kappa shape index (κ1) is 13.7. The summed E-state index contributed by atoms with van der Waals surface area (Å²) < 4.78 is 13.1. The fourth-order valence-electron chi connectivity index (χ4n) is 2.88. The Morgan fingerprint density at radius 2 is 1.80 bits per heavy atom. The van der Waals surface area contributed by atoms with Crippen molar-refractivity contribution in [1.29, 1.82) is 0 Å². The van der Waals surface area contributed by atoms with Gasteiger partial charge in [0.1, 0.15) is 5.82 Å². The molecule has 0 amide bonds. The van der Waals surface area contributed by atoms with Crippen LogP contribution in [0.25, 0.3) is 10.4 Å². The molecule has 0 unspecified atom stereocenters. The summed E-state index contributed by atoms with van der Waals surface area (Å²) in [5.41, 5.74) is 2.36. The molecule has 1 aromatic carbocycles. The van der Waals surface area contributed by atoms with Crippen molar-refractivity contribution in [3.05, 3.63) is 40.8 Å². The van der Waals surface area contributed by atoms with Crippen molar-refractivity contribution in [3.63, 3.8) is 0 Å². The zero-order valence-corrected chi connectivity index (χ0v) is 12.8. The van der Waals surface area contributed by atoms with Crippen LogP contribution >= 0.6 is 11.3 Å². The van der Waals surface area contributed by atoms with Gasteiger partial charge >= 0.3 is 0 Å². The molecule has 1 heterocycles. The fraction of sp³-hybridized carbons (Fsp3) is 0.471. The Balaban J connectivity index is 2.05. The van der Waals surface area contributed by atoms with Gasteiger partial charge in [-0.2, -0.15) is 0 Å². The van der Waals surface area contributed by atoms with Gasteiger partial charge in [0.15, 0.2) is 0 Å². The van der Waals surface area contributed by atoms with Gasteiger partial charge in [0.2, 0.25) is 0 Å². The summed E-state index contributed by atoms with van der Waals surface area (Å²) >= 11 is 1.78. The quantitative estimate of drug-likeness (QED) is 0.703. The summed E-state index contributed by atoms with van der Waals surface area (Å²) in [6, 6.07) is 6.85. The van der Waals surface area contributed by atoms with Crippen LogP contribution in [0.5, 0.6) is 0 Å². The van der Waals surface area contributed by atoms with Crippen molar-refractivity contribution in [2.24, 2.45) is 0 Å². The van der Waals surface area contributed by atoms with E-state index in [9.17, 15) is 4.39 Å². The average molecular weight is 289 g/mol. The van der Waals surface area contributed by atoms with E-state index in [-0.39, 0.29) is 5.82 Å². The molecule has 3 heteroatoms. The maximum atomic E-state index is 13.1. The summed E-state index contributed by atoms with van der Waals surface area (Å²) in [4.78, 5) is 6.17. The van der Waals surface area contributed by atoms with Gasteiger partial charge in [-0.25, -0.2) is 9.37 Å². The third-order valence-electron chi connectivity index (χ3n) is 4.01. The molecule has 2 aromatic rings. The first-order valence-electron chi connectivity index (χ1n) is 7.41. The lowest BCUT2D eigenvalue weighted by atomic mass is 10.00. The summed E-state index contributed by atoms with van der Waals surface area (Å²) in [6.45, 7) is 4.37. The predicted molar refractivity (Wildman–Crippen MR) is 82.8 cm³/mol. The molecule has 0 atom stereocenters. The Bertz CT molecular complexity index is 580. The molecule has 1 aliphatic rings. The largest absolute Gasteiger partial charge is 0.245 e. The number of hydrogen-bond acceptors (Lipinski definition) is 2. The Morgan fingerprint density at radius 3 is 2.40 bits per heavy atom. The SMILES string of the molecule is CC(C)c1nc(C2CCCC2)c(-c2ccc(F)cc2)s1. The minimum Gasteiger partial charge on any atom is -0.245 e. The molecule has 0 aliphatic heterocycles. The van der Waals surface area contributed by atoms with Gasteiger partial charge in [0, 0.05) is 11.8 Å². The fourth-order valence-corrected chi connectivity index (χ4v) is 4.04. The lowest BCUT2D eigenvalue weighted by Crippen LogP contribution is -1.96. The monoisotopic (exact) mass is 289 g/mol. The van der Waals surface area contributed by atoms with E-state index in [2.05, 4.69) is 13.8 Å². The van der Waals surface area contributed by atoms with E-state index < -0.39 is 0 Å². The van der Waals surface area contributed by atoms with Crippen LogP contribution in [0, 0.1) is 5.82 Å². The maximum Gasteiger partial charge on any atom is 0.123 e. The van der Waals surface area contributed by atoms with Crippen LogP contribution in [-0.4, -0.2) is 4.98 Å². The minimum absolute atomic E-state index is 0.176. The number of aromatic nitrogens is 1. The van der Waals surface area contributed by atoms with Gasteiger partial charge in [-0.3, -0.25) is 0 Å². The molecule has 1 nitrogen and oxygen atoms in total.